The van der Waals surface area contributed by atoms with Crippen LogP contribution in [-0.4, -0.2) is 9.55 Å². The fraction of sp³-hybridized carbons (Fsp3) is 0.600. The standard InChI is InChI=1S/C10H15N3O/c1-7-3-2-4-13-9(14)5-8(6-11)12-10(7)13/h5,7H,2-4,6,11H2,1H3. The molecule has 14 heavy (non-hydrogen) atoms. The summed E-state index contributed by atoms with van der Waals surface area (Å²) in [5, 5.41) is 0. The van der Waals surface area contributed by atoms with Gasteiger partial charge in [-0.1, -0.05) is 6.92 Å². The molecule has 1 aromatic heterocycles. The third-order valence-corrected chi connectivity index (χ3v) is 2.76. The van der Waals surface area contributed by atoms with Crippen molar-refractivity contribution in [1.29, 1.82) is 0 Å². The number of nitrogens with zero attached hydrogens (tertiary/aromatic N) is 2. The largest absolute Gasteiger partial charge is 0.325 e. The number of hydrogen-bond donors (Lipinski definition) is 1. The molecule has 0 aliphatic carbocycles. The van der Waals surface area contributed by atoms with Crippen molar-refractivity contribution in [3.8, 4) is 0 Å². The first-order chi connectivity index (χ1) is 6.72. The minimum atomic E-state index is 0.0435. The second kappa shape index (κ2) is 3.53. The SMILES string of the molecule is CC1CCCn2c1nc(CN)cc2=O. The molecule has 2 N–H and O–H groups in total. The van der Waals surface area contributed by atoms with Crippen LogP contribution in [-0.2, 0) is 13.1 Å². The molecule has 0 saturated carbocycles. The van der Waals surface area contributed by atoms with Gasteiger partial charge in [0.15, 0.2) is 0 Å². The summed E-state index contributed by atoms with van der Waals surface area (Å²) >= 11 is 0. The topological polar surface area (TPSA) is 60.9 Å². The molecule has 2 rings (SSSR count). The second-order valence-corrected chi connectivity index (χ2v) is 3.84. The van der Waals surface area contributed by atoms with Crippen molar-refractivity contribution in [2.45, 2.75) is 38.8 Å². The molecule has 4 nitrogen and oxygen atoms in total. The van der Waals surface area contributed by atoms with Crippen LogP contribution in [0.4, 0.5) is 0 Å². The fourth-order valence-electron chi connectivity index (χ4n) is 1.96. The van der Waals surface area contributed by atoms with E-state index in [9.17, 15) is 4.79 Å². The number of fused-ring (bicyclic) bond motifs is 1. The molecule has 1 aliphatic heterocycles. The summed E-state index contributed by atoms with van der Waals surface area (Å²) in [5.41, 5.74) is 6.23. The zero-order valence-electron chi connectivity index (χ0n) is 8.36. The maximum atomic E-state index is 11.7. The summed E-state index contributed by atoms with van der Waals surface area (Å²) in [5.74, 6) is 1.28. The molecule has 0 fully saturated rings. The van der Waals surface area contributed by atoms with Gasteiger partial charge >= 0.3 is 0 Å². The summed E-state index contributed by atoms with van der Waals surface area (Å²) in [7, 11) is 0. The van der Waals surface area contributed by atoms with Gasteiger partial charge in [0.2, 0.25) is 0 Å². The van der Waals surface area contributed by atoms with Gasteiger partial charge in [0, 0.05) is 25.1 Å². The van der Waals surface area contributed by atoms with Crippen molar-refractivity contribution >= 4 is 0 Å². The third kappa shape index (κ3) is 1.46. The number of rotatable bonds is 1. The number of aromatic nitrogens is 2. The molecule has 0 radical (unpaired) electrons. The summed E-state index contributed by atoms with van der Waals surface area (Å²) < 4.78 is 1.77. The van der Waals surface area contributed by atoms with E-state index in [0.29, 0.717) is 18.2 Å². The van der Waals surface area contributed by atoms with Crippen LogP contribution in [0.15, 0.2) is 10.9 Å². The van der Waals surface area contributed by atoms with E-state index < -0.39 is 0 Å². The van der Waals surface area contributed by atoms with Gasteiger partial charge < -0.3 is 5.73 Å². The molecule has 0 spiro atoms. The quantitative estimate of drug-likeness (QED) is 0.710. The Balaban J connectivity index is 2.57. The zero-order chi connectivity index (χ0) is 10.1. The van der Waals surface area contributed by atoms with Gasteiger partial charge in [0.25, 0.3) is 5.56 Å². The van der Waals surface area contributed by atoms with Gasteiger partial charge in [-0.25, -0.2) is 4.98 Å². The van der Waals surface area contributed by atoms with Gasteiger partial charge in [-0.05, 0) is 12.8 Å². The number of hydrogen-bond acceptors (Lipinski definition) is 3. The predicted octanol–water partition coefficient (Wildman–Crippen LogP) is 0.599. The van der Waals surface area contributed by atoms with E-state index in [2.05, 4.69) is 11.9 Å². The maximum Gasteiger partial charge on any atom is 0.253 e. The molecule has 1 atom stereocenters. The van der Waals surface area contributed by atoms with Gasteiger partial charge in [-0.2, -0.15) is 0 Å². The van der Waals surface area contributed by atoms with Crippen LogP contribution in [0.1, 0.15) is 37.2 Å². The second-order valence-electron chi connectivity index (χ2n) is 3.84. The minimum absolute atomic E-state index is 0.0435. The molecule has 0 amide bonds. The van der Waals surface area contributed by atoms with Crippen molar-refractivity contribution < 1.29 is 0 Å². The molecule has 1 aliphatic rings. The predicted molar refractivity (Wildman–Crippen MR) is 54.0 cm³/mol. The average molecular weight is 193 g/mol. The van der Waals surface area contributed by atoms with Crippen LogP contribution < -0.4 is 11.3 Å². The summed E-state index contributed by atoms with van der Waals surface area (Å²) in [6.07, 6.45) is 2.18. The van der Waals surface area contributed by atoms with E-state index in [1.807, 2.05) is 0 Å². The Morgan fingerprint density at radius 3 is 3.21 bits per heavy atom. The number of nitrogens with two attached hydrogens (primary N) is 1. The van der Waals surface area contributed by atoms with Crippen molar-refractivity contribution in [3.63, 3.8) is 0 Å². The molecular weight excluding hydrogens is 178 g/mol. The molecule has 0 bridgehead atoms. The van der Waals surface area contributed by atoms with Crippen molar-refractivity contribution in [1.82, 2.24) is 9.55 Å². The summed E-state index contributed by atoms with van der Waals surface area (Å²) in [6, 6.07) is 1.54. The Bertz CT molecular complexity index is 397. The van der Waals surface area contributed by atoms with E-state index in [1.54, 1.807) is 10.6 Å². The highest BCUT2D eigenvalue weighted by Crippen LogP contribution is 2.22. The first-order valence-electron chi connectivity index (χ1n) is 5.03. The lowest BCUT2D eigenvalue weighted by Gasteiger charge is -2.23. The molecule has 1 aromatic rings. The van der Waals surface area contributed by atoms with Crippen molar-refractivity contribution in [3.05, 3.63) is 27.9 Å². The highest BCUT2D eigenvalue weighted by Gasteiger charge is 2.18. The van der Waals surface area contributed by atoms with Gasteiger partial charge in [-0.15, -0.1) is 0 Å². The first-order valence-corrected chi connectivity index (χ1v) is 5.03. The van der Waals surface area contributed by atoms with Crippen molar-refractivity contribution in [2.75, 3.05) is 0 Å². The molecule has 1 unspecified atom stereocenters. The van der Waals surface area contributed by atoms with Crippen LogP contribution in [0, 0.1) is 0 Å². The Morgan fingerprint density at radius 1 is 1.71 bits per heavy atom. The first kappa shape index (κ1) is 9.40. The molecule has 2 heterocycles. The lowest BCUT2D eigenvalue weighted by Crippen LogP contribution is -2.30. The lowest BCUT2D eigenvalue weighted by molar-refractivity contribution is 0.439. The highest BCUT2D eigenvalue weighted by molar-refractivity contribution is 5.09. The van der Waals surface area contributed by atoms with Gasteiger partial charge in [0.1, 0.15) is 5.82 Å². The molecule has 4 heteroatoms. The summed E-state index contributed by atoms with van der Waals surface area (Å²) in [4.78, 5) is 16.1. The van der Waals surface area contributed by atoms with Crippen molar-refractivity contribution in [2.24, 2.45) is 5.73 Å². The van der Waals surface area contributed by atoms with Gasteiger partial charge in [0.05, 0.1) is 5.69 Å². The van der Waals surface area contributed by atoms with E-state index in [0.717, 1.165) is 25.2 Å². The molecule has 76 valence electrons. The average Bonchev–Trinajstić information content (AvgIpc) is 2.19. The Hall–Kier alpha value is -1.16. The Morgan fingerprint density at radius 2 is 2.50 bits per heavy atom. The van der Waals surface area contributed by atoms with Crippen LogP contribution in [0.25, 0.3) is 0 Å². The van der Waals surface area contributed by atoms with E-state index in [4.69, 9.17) is 5.73 Å². The molecule has 0 aromatic carbocycles. The molecule has 0 saturated heterocycles. The van der Waals surface area contributed by atoms with Crippen LogP contribution in [0.3, 0.4) is 0 Å². The van der Waals surface area contributed by atoms with E-state index in [1.165, 1.54) is 0 Å². The van der Waals surface area contributed by atoms with Crippen LogP contribution in [0.5, 0.6) is 0 Å². The monoisotopic (exact) mass is 193 g/mol. The zero-order valence-corrected chi connectivity index (χ0v) is 8.36. The highest BCUT2D eigenvalue weighted by atomic mass is 16.1. The third-order valence-electron chi connectivity index (χ3n) is 2.76. The molecular formula is C10H15N3O. The Labute approximate surface area is 82.8 Å². The van der Waals surface area contributed by atoms with Crippen LogP contribution >= 0.6 is 0 Å². The summed E-state index contributed by atoms with van der Waals surface area (Å²) in [6.45, 7) is 3.25. The normalized spacial score (nSPS) is 20.6. The van der Waals surface area contributed by atoms with Gasteiger partial charge in [-0.3, -0.25) is 9.36 Å². The minimum Gasteiger partial charge on any atom is -0.325 e. The Kier molecular flexibility index (Phi) is 2.37. The van der Waals surface area contributed by atoms with E-state index in [-0.39, 0.29) is 5.56 Å². The smallest absolute Gasteiger partial charge is 0.253 e. The fourth-order valence-corrected chi connectivity index (χ4v) is 1.96. The van der Waals surface area contributed by atoms with E-state index >= 15 is 0 Å². The van der Waals surface area contributed by atoms with Crippen LogP contribution in [0.2, 0.25) is 0 Å². The maximum absolute atomic E-state index is 11.7. The lowest BCUT2D eigenvalue weighted by atomic mass is 10.0.